The Balaban J connectivity index is 2.01. The number of aliphatic carboxylic acids is 1. The standard InChI is InChI=1S/C22H20O5S/c1-28(25,26)19-9-5-8-18(14-19)20-12-17(13-22(23)24)10-11-21(20)27-15-16-6-3-2-4-7-16/h2-12,14H,13,15H2,1H3,(H,23,24). The lowest BCUT2D eigenvalue weighted by Gasteiger charge is -2.14. The number of carboxylic acids is 1. The molecule has 0 aliphatic rings. The second-order valence-electron chi connectivity index (χ2n) is 6.48. The number of rotatable bonds is 7. The second kappa shape index (κ2) is 8.27. The average molecular weight is 396 g/mol. The van der Waals surface area contributed by atoms with Crippen molar-refractivity contribution in [2.45, 2.75) is 17.9 Å². The molecule has 0 spiro atoms. The smallest absolute Gasteiger partial charge is 0.307 e. The lowest BCUT2D eigenvalue weighted by Crippen LogP contribution is -2.02. The summed E-state index contributed by atoms with van der Waals surface area (Å²) in [5, 5.41) is 9.09. The summed E-state index contributed by atoms with van der Waals surface area (Å²) < 4.78 is 29.8. The molecule has 0 atom stereocenters. The molecule has 0 aliphatic heterocycles. The summed E-state index contributed by atoms with van der Waals surface area (Å²) >= 11 is 0. The highest BCUT2D eigenvalue weighted by molar-refractivity contribution is 7.90. The highest BCUT2D eigenvalue weighted by Crippen LogP contribution is 2.33. The summed E-state index contributed by atoms with van der Waals surface area (Å²) in [4.78, 5) is 11.3. The molecule has 0 fully saturated rings. The van der Waals surface area contributed by atoms with E-state index in [1.807, 2.05) is 30.3 Å². The van der Waals surface area contributed by atoms with Gasteiger partial charge in [0, 0.05) is 11.8 Å². The fourth-order valence-electron chi connectivity index (χ4n) is 2.84. The molecule has 1 N–H and O–H groups in total. The molecule has 3 rings (SSSR count). The van der Waals surface area contributed by atoms with Gasteiger partial charge in [0.15, 0.2) is 9.84 Å². The topological polar surface area (TPSA) is 80.7 Å². The van der Waals surface area contributed by atoms with E-state index in [2.05, 4.69) is 0 Å². The Bertz CT molecular complexity index is 1090. The summed E-state index contributed by atoms with van der Waals surface area (Å²) in [5.41, 5.74) is 2.91. The maximum Gasteiger partial charge on any atom is 0.307 e. The molecule has 3 aromatic carbocycles. The van der Waals surface area contributed by atoms with Crippen LogP contribution in [0.1, 0.15) is 11.1 Å². The number of sulfone groups is 1. The quantitative estimate of drug-likeness (QED) is 0.654. The Morgan fingerprint density at radius 1 is 0.929 bits per heavy atom. The van der Waals surface area contributed by atoms with E-state index in [4.69, 9.17) is 9.84 Å². The third-order valence-electron chi connectivity index (χ3n) is 4.21. The van der Waals surface area contributed by atoms with Gasteiger partial charge < -0.3 is 9.84 Å². The van der Waals surface area contributed by atoms with Gasteiger partial charge in [-0.3, -0.25) is 4.79 Å². The Labute approximate surface area is 164 Å². The molecule has 0 saturated carbocycles. The molecule has 0 amide bonds. The first-order valence-corrected chi connectivity index (χ1v) is 10.5. The Morgan fingerprint density at radius 3 is 2.36 bits per heavy atom. The van der Waals surface area contributed by atoms with Crippen LogP contribution in [0.2, 0.25) is 0 Å². The Kier molecular flexibility index (Phi) is 5.80. The number of carboxylic acid groups (broad SMARTS) is 1. The van der Waals surface area contributed by atoms with Crippen LogP contribution >= 0.6 is 0 Å². The Hall–Kier alpha value is -3.12. The Morgan fingerprint density at radius 2 is 1.68 bits per heavy atom. The second-order valence-corrected chi connectivity index (χ2v) is 8.49. The van der Waals surface area contributed by atoms with Gasteiger partial charge in [-0.05, 0) is 41.0 Å². The zero-order valence-electron chi connectivity index (χ0n) is 15.3. The van der Waals surface area contributed by atoms with Gasteiger partial charge in [-0.1, -0.05) is 48.5 Å². The van der Waals surface area contributed by atoms with Crippen molar-refractivity contribution < 1.29 is 23.1 Å². The normalized spacial score (nSPS) is 11.2. The zero-order chi connectivity index (χ0) is 20.1. The average Bonchev–Trinajstić information content (AvgIpc) is 2.67. The maximum absolute atomic E-state index is 11.9. The molecular formula is C22H20O5S. The van der Waals surface area contributed by atoms with Gasteiger partial charge in [-0.15, -0.1) is 0 Å². The van der Waals surface area contributed by atoms with Crippen LogP contribution in [0.4, 0.5) is 0 Å². The van der Waals surface area contributed by atoms with Crippen LogP contribution in [0.5, 0.6) is 5.75 Å². The van der Waals surface area contributed by atoms with Crippen molar-refractivity contribution in [3.63, 3.8) is 0 Å². The van der Waals surface area contributed by atoms with Gasteiger partial charge in [-0.25, -0.2) is 8.42 Å². The van der Waals surface area contributed by atoms with Crippen LogP contribution in [-0.2, 0) is 27.7 Å². The predicted molar refractivity (Wildman–Crippen MR) is 107 cm³/mol. The number of hydrogen-bond acceptors (Lipinski definition) is 4. The van der Waals surface area contributed by atoms with E-state index < -0.39 is 15.8 Å². The largest absolute Gasteiger partial charge is 0.488 e. The van der Waals surface area contributed by atoms with Crippen molar-refractivity contribution in [1.82, 2.24) is 0 Å². The monoisotopic (exact) mass is 396 g/mol. The number of benzene rings is 3. The van der Waals surface area contributed by atoms with Crippen molar-refractivity contribution >= 4 is 15.8 Å². The zero-order valence-corrected chi connectivity index (χ0v) is 16.1. The van der Waals surface area contributed by atoms with E-state index >= 15 is 0 Å². The van der Waals surface area contributed by atoms with Gasteiger partial charge in [-0.2, -0.15) is 0 Å². The lowest BCUT2D eigenvalue weighted by molar-refractivity contribution is -0.136. The van der Waals surface area contributed by atoms with Crippen LogP contribution in [-0.4, -0.2) is 25.7 Å². The fraction of sp³-hybridized carbons (Fsp3) is 0.136. The van der Waals surface area contributed by atoms with Crippen molar-refractivity contribution in [2.75, 3.05) is 6.26 Å². The summed E-state index contributed by atoms with van der Waals surface area (Å²) in [7, 11) is -3.37. The molecule has 144 valence electrons. The number of carbonyl (C=O) groups is 1. The van der Waals surface area contributed by atoms with Crippen molar-refractivity contribution in [2.24, 2.45) is 0 Å². The minimum absolute atomic E-state index is 0.127. The summed E-state index contributed by atoms with van der Waals surface area (Å²) in [5.74, 6) is -0.377. The molecule has 0 saturated heterocycles. The van der Waals surface area contributed by atoms with Gasteiger partial charge >= 0.3 is 5.97 Å². The first-order valence-electron chi connectivity index (χ1n) is 8.65. The van der Waals surface area contributed by atoms with E-state index in [-0.39, 0.29) is 11.3 Å². The summed E-state index contributed by atoms with van der Waals surface area (Å²) in [6.07, 6.45) is 1.03. The highest BCUT2D eigenvalue weighted by atomic mass is 32.2. The van der Waals surface area contributed by atoms with Crippen LogP contribution in [0.15, 0.2) is 77.7 Å². The van der Waals surface area contributed by atoms with Crippen LogP contribution in [0.3, 0.4) is 0 Å². The van der Waals surface area contributed by atoms with E-state index in [0.717, 1.165) is 11.8 Å². The molecule has 0 unspecified atom stereocenters. The molecule has 0 aliphatic carbocycles. The molecule has 0 aromatic heterocycles. The first kappa shape index (κ1) is 19.6. The molecule has 3 aromatic rings. The third kappa shape index (κ3) is 4.98. The molecule has 5 nitrogen and oxygen atoms in total. The van der Waals surface area contributed by atoms with E-state index in [0.29, 0.717) is 29.0 Å². The number of hydrogen-bond donors (Lipinski definition) is 1. The van der Waals surface area contributed by atoms with Crippen molar-refractivity contribution in [3.8, 4) is 16.9 Å². The minimum Gasteiger partial charge on any atom is -0.488 e. The van der Waals surface area contributed by atoms with Crippen LogP contribution < -0.4 is 4.74 Å². The molecule has 0 bridgehead atoms. The molecule has 28 heavy (non-hydrogen) atoms. The molecule has 0 radical (unpaired) electrons. The molecule has 6 heteroatoms. The summed E-state index contributed by atoms with van der Waals surface area (Å²) in [6.45, 7) is 0.345. The van der Waals surface area contributed by atoms with Gasteiger partial charge in [0.1, 0.15) is 12.4 Å². The van der Waals surface area contributed by atoms with E-state index in [9.17, 15) is 13.2 Å². The van der Waals surface area contributed by atoms with Gasteiger partial charge in [0.25, 0.3) is 0 Å². The first-order chi connectivity index (χ1) is 13.3. The predicted octanol–water partition coefficient (Wildman–Crippen LogP) is 3.96. The number of ether oxygens (including phenoxy) is 1. The molecular weight excluding hydrogens is 376 g/mol. The maximum atomic E-state index is 11.9. The SMILES string of the molecule is CS(=O)(=O)c1cccc(-c2cc(CC(=O)O)ccc2OCc2ccccc2)c1. The third-order valence-corrected chi connectivity index (χ3v) is 5.32. The van der Waals surface area contributed by atoms with Crippen molar-refractivity contribution in [1.29, 1.82) is 0 Å². The van der Waals surface area contributed by atoms with E-state index in [1.54, 1.807) is 36.4 Å². The van der Waals surface area contributed by atoms with Crippen molar-refractivity contribution in [3.05, 3.63) is 83.9 Å². The van der Waals surface area contributed by atoms with E-state index in [1.165, 1.54) is 6.07 Å². The van der Waals surface area contributed by atoms with Gasteiger partial charge in [0.05, 0.1) is 11.3 Å². The van der Waals surface area contributed by atoms with Gasteiger partial charge in [0.2, 0.25) is 0 Å². The van der Waals surface area contributed by atoms with Crippen LogP contribution in [0.25, 0.3) is 11.1 Å². The minimum atomic E-state index is -3.37. The van der Waals surface area contributed by atoms with Crippen LogP contribution in [0, 0.1) is 0 Å². The lowest BCUT2D eigenvalue weighted by atomic mass is 10.0. The fourth-order valence-corrected chi connectivity index (χ4v) is 3.51. The summed E-state index contributed by atoms with van der Waals surface area (Å²) in [6, 6.07) is 21.4. The highest BCUT2D eigenvalue weighted by Gasteiger charge is 2.13. The molecule has 0 heterocycles.